The van der Waals surface area contributed by atoms with E-state index in [-0.39, 0.29) is 0 Å². The predicted octanol–water partition coefficient (Wildman–Crippen LogP) is 4.78. The fourth-order valence-electron chi connectivity index (χ4n) is 4.35. The molecule has 1 spiro atoms. The zero-order chi connectivity index (χ0) is 16.1. The molecular formula is C18H21BrO4. The van der Waals surface area contributed by atoms with Crippen LogP contribution in [0.5, 0.6) is 11.5 Å². The lowest BCUT2D eigenvalue weighted by atomic mass is 9.69. The van der Waals surface area contributed by atoms with Gasteiger partial charge in [0.15, 0.2) is 11.5 Å². The van der Waals surface area contributed by atoms with Gasteiger partial charge in [0.2, 0.25) is 0 Å². The number of carboxylic acid groups (broad SMARTS) is 1. The van der Waals surface area contributed by atoms with Gasteiger partial charge in [0.05, 0.1) is 5.41 Å². The molecular weight excluding hydrogens is 360 g/mol. The van der Waals surface area contributed by atoms with Crippen LogP contribution in [0.2, 0.25) is 0 Å². The van der Waals surface area contributed by atoms with Gasteiger partial charge in [0, 0.05) is 17.3 Å². The molecule has 0 bridgehead atoms. The topological polar surface area (TPSA) is 55.8 Å². The van der Waals surface area contributed by atoms with E-state index in [9.17, 15) is 9.90 Å². The van der Waals surface area contributed by atoms with E-state index in [0.717, 1.165) is 60.7 Å². The number of benzene rings is 1. The smallest absolute Gasteiger partial charge is 0.314 e. The number of halogens is 1. The third kappa shape index (κ3) is 2.35. The Morgan fingerprint density at radius 1 is 0.957 bits per heavy atom. The monoisotopic (exact) mass is 380 g/mol. The van der Waals surface area contributed by atoms with Crippen molar-refractivity contribution in [1.29, 1.82) is 0 Å². The second-order valence-electron chi connectivity index (χ2n) is 7.05. The van der Waals surface area contributed by atoms with Crippen LogP contribution in [0, 0.1) is 0 Å². The number of hydrogen-bond donors (Lipinski definition) is 1. The highest BCUT2D eigenvalue weighted by Gasteiger charge is 2.47. The highest BCUT2D eigenvalue weighted by molar-refractivity contribution is 9.10. The highest BCUT2D eigenvalue weighted by Crippen LogP contribution is 2.51. The molecule has 3 aliphatic rings. The van der Waals surface area contributed by atoms with E-state index >= 15 is 0 Å². The van der Waals surface area contributed by atoms with Crippen molar-refractivity contribution in [2.75, 3.05) is 0 Å². The fourth-order valence-corrected chi connectivity index (χ4v) is 5.06. The summed E-state index contributed by atoms with van der Waals surface area (Å²) >= 11 is 3.59. The Morgan fingerprint density at radius 3 is 2.13 bits per heavy atom. The summed E-state index contributed by atoms with van der Waals surface area (Å²) in [6.07, 6.45) is 8.42. The second kappa shape index (κ2) is 5.40. The number of hydrogen-bond acceptors (Lipinski definition) is 3. The van der Waals surface area contributed by atoms with E-state index < -0.39 is 17.2 Å². The number of ether oxygens (including phenoxy) is 2. The Hall–Kier alpha value is -1.23. The molecule has 0 atom stereocenters. The van der Waals surface area contributed by atoms with Gasteiger partial charge in [-0.3, -0.25) is 4.79 Å². The van der Waals surface area contributed by atoms with Gasteiger partial charge in [0.1, 0.15) is 0 Å². The minimum atomic E-state index is -0.805. The predicted molar refractivity (Wildman–Crippen MR) is 89.0 cm³/mol. The van der Waals surface area contributed by atoms with Crippen molar-refractivity contribution < 1.29 is 19.4 Å². The molecule has 4 nitrogen and oxygen atoms in total. The van der Waals surface area contributed by atoms with Crippen molar-refractivity contribution >= 4 is 21.9 Å². The summed E-state index contributed by atoms with van der Waals surface area (Å²) < 4.78 is 13.0. The number of carboxylic acids is 1. The van der Waals surface area contributed by atoms with Crippen LogP contribution in [0.15, 0.2) is 16.6 Å². The highest BCUT2D eigenvalue weighted by atomic mass is 79.9. The van der Waals surface area contributed by atoms with Crippen molar-refractivity contribution in [3.63, 3.8) is 0 Å². The lowest BCUT2D eigenvalue weighted by molar-refractivity contribution is -0.145. The summed E-state index contributed by atoms with van der Waals surface area (Å²) in [5.74, 6) is 0.200. The van der Waals surface area contributed by atoms with Gasteiger partial charge in [0.25, 0.3) is 5.79 Å². The van der Waals surface area contributed by atoms with Crippen LogP contribution in [0.25, 0.3) is 0 Å². The molecule has 23 heavy (non-hydrogen) atoms. The average molecular weight is 381 g/mol. The zero-order valence-corrected chi connectivity index (χ0v) is 14.7. The maximum atomic E-state index is 12.1. The third-order valence-electron chi connectivity index (χ3n) is 5.62. The zero-order valence-electron chi connectivity index (χ0n) is 13.1. The normalized spacial score (nSPS) is 24.0. The minimum Gasteiger partial charge on any atom is -0.481 e. The summed E-state index contributed by atoms with van der Waals surface area (Å²) in [5.41, 5.74) is 0.0306. The van der Waals surface area contributed by atoms with Crippen LogP contribution in [-0.4, -0.2) is 16.9 Å². The van der Waals surface area contributed by atoms with Gasteiger partial charge in [-0.15, -0.1) is 0 Å². The molecule has 1 heterocycles. The maximum Gasteiger partial charge on any atom is 0.314 e. The van der Waals surface area contributed by atoms with Crippen LogP contribution in [0.4, 0.5) is 0 Å². The van der Waals surface area contributed by atoms with Crippen molar-refractivity contribution in [3.05, 3.63) is 22.2 Å². The summed E-state index contributed by atoms with van der Waals surface area (Å²) in [6, 6.07) is 3.81. The lowest BCUT2D eigenvalue weighted by Gasteiger charge is -2.34. The van der Waals surface area contributed by atoms with Crippen molar-refractivity contribution in [2.24, 2.45) is 0 Å². The van der Waals surface area contributed by atoms with E-state index in [1.165, 1.54) is 0 Å². The summed E-state index contributed by atoms with van der Waals surface area (Å²) in [5, 5.41) is 9.93. The molecule has 2 aliphatic carbocycles. The molecule has 2 fully saturated rings. The van der Waals surface area contributed by atoms with E-state index in [2.05, 4.69) is 15.9 Å². The molecule has 0 unspecified atom stereocenters. The first-order valence-corrected chi connectivity index (χ1v) is 9.30. The number of aliphatic carboxylic acids is 1. The molecule has 1 aliphatic heterocycles. The Balaban J connectivity index is 1.75. The minimum absolute atomic E-state index is 0.511. The molecule has 0 amide bonds. The SMILES string of the molecule is O=C(O)C1(c2cc3c(cc2Br)OC2(CCCC2)O3)CCCCC1. The molecule has 0 saturated heterocycles. The van der Waals surface area contributed by atoms with Crippen LogP contribution >= 0.6 is 15.9 Å². The summed E-state index contributed by atoms with van der Waals surface area (Å²) in [6.45, 7) is 0. The molecule has 4 rings (SSSR count). The average Bonchev–Trinajstić information content (AvgIpc) is 3.13. The van der Waals surface area contributed by atoms with Crippen LogP contribution in [-0.2, 0) is 10.2 Å². The number of carbonyl (C=O) groups is 1. The molecule has 124 valence electrons. The van der Waals surface area contributed by atoms with Crippen LogP contribution in [0.3, 0.4) is 0 Å². The van der Waals surface area contributed by atoms with Crippen molar-refractivity contribution in [1.82, 2.24) is 0 Å². The van der Waals surface area contributed by atoms with E-state index in [1.807, 2.05) is 12.1 Å². The molecule has 2 saturated carbocycles. The maximum absolute atomic E-state index is 12.1. The fraction of sp³-hybridized carbons (Fsp3) is 0.611. The quantitative estimate of drug-likeness (QED) is 0.801. The summed E-state index contributed by atoms with van der Waals surface area (Å²) in [7, 11) is 0. The van der Waals surface area contributed by atoms with Gasteiger partial charge in [-0.25, -0.2) is 0 Å². The second-order valence-corrected chi connectivity index (χ2v) is 7.90. The van der Waals surface area contributed by atoms with Gasteiger partial charge in [-0.05, 0) is 43.4 Å². The third-order valence-corrected chi connectivity index (χ3v) is 6.28. The molecule has 1 N–H and O–H groups in total. The molecule has 0 radical (unpaired) electrons. The first-order chi connectivity index (χ1) is 11.0. The number of fused-ring (bicyclic) bond motifs is 1. The van der Waals surface area contributed by atoms with Crippen molar-refractivity contribution in [3.8, 4) is 11.5 Å². The van der Waals surface area contributed by atoms with Gasteiger partial charge in [-0.1, -0.05) is 35.2 Å². The first kappa shape index (κ1) is 15.3. The van der Waals surface area contributed by atoms with Gasteiger partial charge in [-0.2, -0.15) is 0 Å². The van der Waals surface area contributed by atoms with E-state index in [1.54, 1.807) is 0 Å². The Kier molecular flexibility index (Phi) is 3.59. The summed E-state index contributed by atoms with van der Waals surface area (Å²) in [4.78, 5) is 12.1. The molecule has 1 aromatic carbocycles. The Bertz CT molecular complexity index is 643. The van der Waals surface area contributed by atoms with Crippen molar-refractivity contribution in [2.45, 2.75) is 69.0 Å². The number of rotatable bonds is 2. The largest absolute Gasteiger partial charge is 0.481 e. The van der Waals surface area contributed by atoms with Gasteiger partial charge >= 0.3 is 5.97 Å². The first-order valence-electron chi connectivity index (χ1n) is 8.50. The van der Waals surface area contributed by atoms with Gasteiger partial charge < -0.3 is 14.6 Å². The standard InChI is InChI=1S/C18H21BrO4/c19-13-11-15-14(22-18(23-15)8-4-5-9-18)10-12(13)17(16(20)21)6-2-1-3-7-17/h10-11H,1-9H2,(H,20,21). The molecule has 0 aromatic heterocycles. The Labute approximate surface area is 144 Å². The lowest BCUT2D eigenvalue weighted by Crippen LogP contribution is -2.38. The van der Waals surface area contributed by atoms with E-state index in [0.29, 0.717) is 18.6 Å². The molecule has 1 aromatic rings. The van der Waals surface area contributed by atoms with Crippen LogP contribution in [0.1, 0.15) is 63.4 Å². The van der Waals surface area contributed by atoms with E-state index in [4.69, 9.17) is 9.47 Å². The molecule has 5 heteroatoms. The van der Waals surface area contributed by atoms with Crippen LogP contribution < -0.4 is 9.47 Å². The Morgan fingerprint density at radius 2 is 1.52 bits per heavy atom.